The van der Waals surface area contributed by atoms with Crippen molar-refractivity contribution in [2.75, 3.05) is 13.7 Å². The summed E-state index contributed by atoms with van der Waals surface area (Å²) in [5.41, 5.74) is 6.12. The van der Waals surface area contributed by atoms with E-state index in [2.05, 4.69) is 40.2 Å². The first-order valence-electron chi connectivity index (χ1n) is 16.0. The van der Waals surface area contributed by atoms with Crippen molar-refractivity contribution in [1.82, 2.24) is 9.88 Å². The number of likely N-dealkylation sites (tertiary alicyclic amines) is 1. The number of fused-ring (bicyclic) bond motifs is 1. The second-order valence-electron chi connectivity index (χ2n) is 13.2. The number of methoxy groups -OCH3 is 1. The normalized spacial score (nSPS) is 22.3. The van der Waals surface area contributed by atoms with Crippen LogP contribution in [0.2, 0.25) is 0 Å². The van der Waals surface area contributed by atoms with Crippen LogP contribution in [-0.4, -0.2) is 40.2 Å². The first-order valence-corrected chi connectivity index (χ1v) is 16.0. The Morgan fingerprint density at radius 2 is 1.95 bits per heavy atom. The van der Waals surface area contributed by atoms with Gasteiger partial charge >= 0.3 is 5.97 Å². The van der Waals surface area contributed by atoms with E-state index >= 15 is 4.39 Å². The summed E-state index contributed by atoms with van der Waals surface area (Å²) in [5.74, 6) is 0.154. The van der Waals surface area contributed by atoms with Gasteiger partial charge in [-0.3, -0.25) is 9.69 Å². The minimum Gasteiger partial charge on any atom is -0.485 e. The molecule has 7 rings (SSSR count). The third-order valence-corrected chi connectivity index (χ3v) is 10.5. The Labute approximate surface area is 253 Å². The van der Waals surface area contributed by atoms with Crippen LogP contribution in [0.1, 0.15) is 92.6 Å². The summed E-state index contributed by atoms with van der Waals surface area (Å²) in [6.07, 6.45) is 11.2. The molecule has 43 heavy (non-hydrogen) atoms. The third-order valence-electron chi connectivity index (χ3n) is 10.5. The zero-order chi connectivity index (χ0) is 29.7. The highest BCUT2D eigenvalue weighted by Crippen LogP contribution is 2.50. The van der Waals surface area contributed by atoms with Crippen molar-refractivity contribution in [2.24, 2.45) is 11.8 Å². The largest absolute Gasteiger partial charge is 0.485 e. The van der Waals surface area contributed by atoms with Crippen molar-refractivity contribution in [3.05, 3.63) is 76.7 Å². The molecule has 1 N–H and O–H groups in total. The van der Waals surface area contributed by atoms with Gasteiger partial charge in [-0.15, -0.1) is 0 Å². The van der Waals surface area contributed by atoms with Gasteiger partial charge < -0.3 is 14.6 Å². The first kappa shape index (κ1) is 28.3. The van der Waals surface area contributed by atoms with E-state index in [1.165, 1.54) is 43.9 Å². The fourth-order valence-corrected chi connectivity index (χ4v) is 7.67. The average Bonchev–Trinajstić information content (AvgIpc) is 3.96. The minimum absolute atomic E-state index is 0.00389. The molecule has 0 unspecified atom stereocenters. The summed E-state index contributed by atoms with van der Waals surface area (Å²) in [6.45, 7) is 3.67. The van der Waals surface area contributed by atoms with Gasteiger partial charge in [-0.05, 0) is 104 Å². The van der Waals surface area contributed by atoms with Crippen molar-refractivity contribution in [1.29, 1.82) is 0 Å². The van der Waals surface area contributed by atoms with Gasteiger partial charge in [-0.2, -0.15) is 0 Å². The molecule has 2 aromatic carbocycles. The lowest BCUT2D eigenvalue weighted by atomic mass is 9.82. The molecule has 0 amide bonds. The average molecular weight is 585 g/mol. The Balaban J connectivity index is 1.21. The van der Waals surface area contributed by atoms with E-state index in [1.807, 2.05) is 13.0 Å². The van der Waals surface area contributed by atoms with E-state index in [9.17, 15) is 9.90 Å². The van der Waals surface area contributed by atoms with E-state index in [4.69, 9.17) is 9.47 Å². The summed E-state index contributed by atoms with van der Waals surface area (Å²) < 4.78 is 27.2. The van der Waals surface area contributed by atoms with Crippen LogP contribution in [-0.2, 0) is 17.8 Å². The predicted octanol–water partition coefficient (Wildman–Crippen LogP) is 7.70. The number of nitrogens with zero attached hydrogens (tertiary/aromatic N) is 2. The number of carbonyl (C=O) groups is 1. The van der Waals surface area contributed by atoms with Crippen LogP contribution in [0.15, 0.2) is 48.7 Å². The Bertz CT molecular complexity index is 1530. The maximum absolute atomic E-state index is 15.2. The van der Waals surface area contributed by atoms with Gasteiger partial charge in [0.2, 0.25) is 5.88 Å². The SMILES string of the molecule is COc1cc(-c2ccc([C@H]3CCc4ccc([C@H](C5CC5)[C@H](C)C(=O)O)cc4O3)cc2CN2CCCCC23CC3)c(F)cn1. The van der Waals surface area contributed by atoms with E-state index in [0.717, 1.165) is 66.8 Å². The summed E-state index contributed by atoms with van der Waals surface area (Å²) in [7, 11) is 1.55. The number of aryl methyl sites for hydroxylation is 1. The number of rotatable bonds is 9. The maximum atomic E-state index is 15.2. The molecule has 0 bridgehead atoms. The van der Waals surface area contributed by atoms with E-state index in [-0.39, 0.29) is 17.8 Å². The number of hydrogen-bond acceptors (Lipinski definition) is 5. The van der Waals surface area contributed by atoms with Crippen LogP contribution in [0.3, 0.4) is 0 Å². The Morgan fingerprint density at radius 3 is 2.70 bits per heavy atom. The molecular formula is C36H41FN2O4. The Kier molecular flexibility index (Phi) is 7.40. The summed E-state index contributed by atoms with van der Waals surface area (Å²) in [5, 5.41) is 9.78. The highest BCUT2D eigenvalue weighted by molar-refractivity contribution is 5.71. The van der Waals surface area contributed by atoms with E-state index < -0.39 is 11.9 Å². The number of piperidine rings is 1. The standard InChI is InChI=1S/C36H41FN2O4/c1-22(35(40)41)34(24-6-7-24)26-8-5-23-10-12-31(43-32(23)18-26)25-9-11-28(29-19-33(42-2)38-20-30(29)37)27(17-25)21-39-16-4-3-13-36(39)14-15-36/h5,8-9,11,17-20,22,24,31,34H,3-4,6-7,10,12-16,21H2,1-2H3,(H,40,41)/t22-,31+,34-/m0/s1. The Morgan fingerprint density at radius 1 is 1.12 bits per heavy atom. The van der Waals surface area contributed by atoms with Crippen molar-refractivity contribution in [3.63, 3.8) is 0 Å². The molecule has 3 aromatic rings. The highest BCUT2D eigenvalue weighted by atomic mass is 19.1. The fraction of sp³-hybridized carbons (Fsp3) is 0.500. The number of carboxylic acids is 1. The minimum atomic E-state index is -0.744. The van der Waals surface area contributed by atoms with Crippen LogP contribution < -0.4 is 9.47 Å². The van der Waals surface area contributed by atoms with Crippen LogP contribution in [0.5, 0.6) is 11.6 Å². The number of pyridine rings is 1. The number of carboxylic acid groups (broad SMARTS) is 1. The molecule has 3 atom stereocenters. The number of hydrogen-bond donors (Lipinski definition) is 1. The van der Waals surface area contributed by atoms with E-state index in [1.54, 1.807) is 13.2 Å². The number of ether oxygens (including phenoxy) is 2. The van der Waals surface area contributed by atoms with E-state index in [0.29, 0.717) is 22.9 Å². The summed E-state index contributed by atoms with van der Waals surface area (Å²) >= 11 is 0. The van der Waals surface area contributed by atoms with Crippen LogP contribution in [0, 0.1) is 17.7 Å². The first-order chi connectivity index (χ1) is 20.8. The monoisotopic (exact) mass is 584 g/mol. The van der Waals surface area contributed by atoms with Gasteiger partial charge in [-0.1, -0.05) is 43.7 Å². The molecule has 2 aliphatic heterocycles. The molecule has 3 fully saturated rings. The maximum Gasteiger partial charge on any atom is 0.306 e. The molecule has 3 heterocycles. The van der Waals surface area contributed by atoms with Crippen molar-refractivity contribution >= 4 is 5.97 Å². The molecule has 1 spiro atoms. The zero-order valence-electron chi connectivity index (χ0n) is 25.2. The summed E-state index contributed by atoms with van der Waals surface area (Å²) in [6, 6.07) is 14.4. The quantitative estimate of drug-likeness (QED) is 0.278. The summed E-state index contributed by atoms with van der Waals surface area (Å²) in [4.78, 5) is 18.6. The highest BCUT2D eigenvalue weighted by Gasteiger charge is 2.48. The second kappa shape index (κ2) is 11.2. The number of aliphatic carboxylic acids is 1. The molecule has 4 aliphatic rings. The predicted molar refractivity (Wildman–Crippen MR) is 163 cm³/mol. The van der Waals surface area contributed by atoms with Gasteiger partial charge in [-0.25, -0.2) is 9.37 Å². The van der Waals surface area contributed by atoms with Gasteiger partial charge in [0, 0.05) is 23.7 Å². The lowest BCUT2D eigenvalue weighted by Gasteiger charge is -2.37. The lowest BCUT2D eigenvalue weighted by molar-refractivity contribution is -0.142. The van der Waals surface area contributed by atoms with Gasteiger partial charge in [0.15, 0.2) is 0 Å². The third kappa shape index (κ3) is 5.52. The Hall–Kier alpha value is -3.45. The molecule has 0 radical (unpaired) electrons. The molecule has 226 valence electrons. The second-order valence-corrected chi connectivity index (χ2v) is 13.2. The molecule has 1 aromatic heterocycles. The van der Waals surface area contributed by atoms with Gasteiger partial charge in [0.25, 0.3) is 0 Å². The fourth-order valence-electron chi connectivity index (χ4n) is 7.67. The van der Waals surface area contributed by atoms with Crippen LogP contribution >= 0.6 is 0 Å². The van der Waals surface area contributed by atoms with Crippen molar-refractivity contribution < 1.29 is 23.8 Å². The molecular weight excluding hydrogens is 543 g/mol. The van der Waals surface area contributed by atoms with Gasteiger partial charge in [0.05, 0.1) is 19.2 Å². The van der Waals surface area contributed by atoms with Crippen LogP contribution in [0.4, 0.5) is 4.39 Å². The van der Waals surface area contributed by atoms with Crippen LogP contribution in [0.25, 0.3) is 11.1 Å². The van der Waals surface area contributed by atoms with Crippen molar-refractivity contribution in [3.8, 4) is 22.8 Å². The topological polar surface area (TPSA) is 71.9 Å². The van der Waals surface area contributed by atoms with Crippen molar-refractivity contribution in [2.45, 2.75) is 88.8 Å². The molecule has 2 aliphatic carbocycles. The molecule has 6 nitrogen and oxygen atoms in total. The lowest BCUT2D eigenvalue weighted by Crippen LogP contribution is -2.40. The molecule has 1 saturated heterocycles. The number of aromatic nitrogens is 1. The smallest absolute Gasteiger partial charge is 0.306 e. The number of benzene rings is 2. The van der Waals surface area contributed by atoms with Gasteiger partial charge in [0.1, 0.15) is 17.7 Å². The number of halogens is 1. The molecule has 2 saturated carbocycles. The molecule has 7 heteroatoms. The zero-order valence-corrected chi connectivity index (χ0v) is 25.2.